The van der Waals surface area contributed by atoms with E-state index < -0.39 is 10.8 Å². The number of amides is 3. The molecule has 0 unspecified atom stereocenters. The quantitative estimate of drug-likeness (QED) is 0.396. The molecule has 0 radical (unpaired) electrons. The Morgan fingerprint density at radius 1 is 1.19 bits per heavy atom. The van der Waals surface area contributed by atoms with Crippen LogP contribution in [0.1, 0.15) is 54.3 Å². The van der Waals surface area contributed by atoms with Gasteiger partial charge in [0.2, 0.25) is 17.7 Å². The molecule has 9 heteroatoms. The predicted molar refractivity (Wildman–Crippen MR) is 152 cm³/mol. The largest absolute Gasteiger partial charge is 0.325 e. The average Bonchev–Trinajstić information content (AvgIpc) is 3.53. The Bertz CT molecular complexity index is 1450. The highest BCUT2D eigenvalue weighted by Crippen LogP contribution is 2.47. The molecule has 2 N–H and O–H groups in total. The van der Waals surface area contributed by atoms with Gasteiger partial charge in [0, 0.05) is 27.7 Å². The molecule has 3 amide bonds. The smallest absolute Gasteiger partial charge is 0.244 e. The number of halogens is 1. The first kappa shape index (κ1) is 24.5. The SMILES string of the molecule is CC1(C)CC[C@@H](c2ccc(I)s2)N(CC(=O)Nc2ccc3c(c2)C[C@@]2(C3)C(=O)Nc3ncccc32)C1=O. The Hall–Kier alpha value is -2.79. The zero-order valence-electron chi connectivity index (χ0n) is 20.6. The van der Waals surface area contributed by atoms with Gasteiger partial charge in [-0.3, -0.25) is 14.4 Å². The second-order valence-electron chi connectivity index (χ2n) is 10.8. The van der Waals surface area contributed by atoms with E-state index in [1.54, 1.807) is 22.4 Å². The van der Waals surface area contributed by atoms with Crippen LogP contribution in [0.5, 0.6) is 0 Å². The van der Waals surface area contributed by atoms with Crippen LogP contribution in [0.15, 0.2) is 48.7 Å². The summed E-state index contributed by atoms with van der Waals surface area (Å²) in [6.07, 6.45) is 4.49. The molecule has 1 fully saturated rings. The van der Waals surface area contributed by atoms with Gasteiger partial charge < -0.3 is 15.5 Å². The van der Waals surface area contributed by atoms with Gasteiger partial charge in [0.05, 0.1) is 14.3 Å². The molecule has 3 aliphatic rings. The number of pyridine rings is 1. The number of carbonyl (C=O) groups is 3. The number of carbonyl (C=O) groups excluding carboxylic acids is 3. The summed E-state index contributed by atoms with van der Waals surface area (Å²) in [5, 5.41) is 5.94. The van der Waals surface area contributed by atoms with Crippen molar-refractivity contribution in [2.75, 3.05) is 17.2 Å². The molecule has 2 atom stereocenters. The van der Waals surface area contributed by atoms with E-state index in [9.17, 15) is 14.4 Å². The first-order valence-corrected chi connectivity index (χ1v) is 14.3. The van der Waals surface area contributed by atoms with E-state index in [1.807, 2.05) is 44.2 Å². The van der Waals surface area contributed by atoms with Crippen LogP contribution in [-0.2, 0) is 32.6 Å². The van der Waals surface area contributed by atoms with Crippen LogP contribution in [0.25, 0.3) is 0 Å². The molecule has 2 aromatic heterocycles. The molecule has 3 aromatic rings. The number of piperidine rings is 1. The fourth-order valence-electron chi connectivity index (χ4n) is 5.98. The third-order valence-corrected chi connectivity index (χ3v) is 9.95. The van der Waals surface area contributed by atoms with E-state index >= 15 is 0 Å². The number of nitrogens with one attached hydrogen (secondary N) is 2. The molecular weight excluding hydrogens is 599 g/mol. The van der Waals surface area contributed by atoms with Gasteiger partial charge in [0.25, 0.3) is 0 Å². The maximum absolute atomic E-state index is 13.4. The van der Waals surface area contributed by atoms with Crippen molar-refractivity contribution in [1.29, 1.82) is 0 Å². The first-order valence-electron chi connectivity index (χ1n) is 12.4. The van der Waals surface area contributed by atoms with Crippen molar-refractivity contribution in [2.45, 2.75) is 51.0 Å². The van der Waals surface area contributed by atoms with Gasteiger partial charge in [0.15, 0.2) is 0 Å². The normalized spacial score (nSPS) is 23.6. The van der Waals surface area contributed by atoms with Crippen molar-refractivity contribution >= 4 is 63.2 Å². The van der Waals surface area contributed by atoms with E-state index in [1.165, 1.54) is 2.88 Å². The van der Waals surface area contributed by atoms with Crippen molar-refractivity contribution in [3.63, 3.8) is 0 Å². The second-order valence-corrected chi connectivity index (χ2v) is 13.8. The maximum Gasteiger partial charge on any atom is 0.244 e. The molecule has 190 valence electrons. The molecule has 1 aliphatic carbocycles. The zero-order valence-corrected chi connectivity index (χ0v) is 23.6. The third-order valence-electron chi connectivity index (χ3n) is 7.96. The number of rotatable bonds is 4. The van der Waals surface area contributed by atoms with Crippen molar-refractivity contribution < 1.29 is 14.4 Å². The summed E-state index contributed by atoms with van der Waals surface area (Å²) in [5.41, 5.74) is 2.62. The van der Waals surface area contributed by atoms with E-state index in [-0.39, 0.29) is 30.3 Å². The molecule has 1 aromatic carbocycles. The minimum Gasteiger partial charge on any atom is -0.325 e. The lowest BCUT2D eigenvalue weighted by molar-refractivity contribution is -0.150. The predicted octanol–water partition coefficient (Wildman–Crippen LogP) is 5.06. The highest BCUT2D eigenvalue weighted by Gasteiger charge is 2.51. The van der Waals surface area contributed by atoms with E-state index in [4.69, 9.17) is 0 Å². The van der Waals surface area contributed by atoms with Crippen molar-refractivity contribution in [2.24, 2.45) is 5.41 Å². The van der Waals surface area contributed by atoms with Crippen LogP contribution in [0, 0.1) is 8.30 Å². The topological polar surface area (TPSA) is 91.4 Å². The van der Waals surface area contributed by atoms with E-state index in [2.05, 4.69) is 50.3 Å². The number of hydrogen-bond donors (Lipinski definition) is 2. The second kappa shape index (κ2) is 8.90. The first-order chi connectivity index (χ1) is 17.7. The highest BCUT2D eigenvalue weighted by molar-refractivity contribution is 14.1. The summed E-state index contributed by atoms with van der Waals surface area (Å²) in [6, 6.07) is 13.7. The number of thiophene rings is 1. The van der Waals surface area contributed by atoms with Gasteiger partial charge in [0.1, 0.15) is 12.4 Å². The average molecular weight is 627 g/mol. The van der Waals surface area contributed by atoms with Crippen LogP contribution >= 0.6 is 33.9 Å². The molecule has 0 saturated carbocycles. The Kier molecular flexibility index (Phi) is 5.91. The zero-order chi connectivity index (χ0) is 25.9. The van der Waals surface area contributed by atoms with Crippen molar-refractivity contribution in [3.05, 3.63) is 73.1 Å². The lowest BCUT2D eigenvalue weighted by Crippen LogP contribution is -2.50. The van der Waals surface area contributed by atoms with Crippen LogP contribution in [0.3, 0.4) is 0 Å². The number of aromatic nitrogens is 1. The summed E-state index contributed by atoms with van der Waals surface area (Å²) in [4.78, 5) is 46.7. The lowest BCUT2D eigenvalue weighted by Gasteiger charge is -2.42. The fraction of sp³-hybridized carbons (Fsp3) is 0.357. The number of benzene rings is 1. The molecule has 2 aliphatic heterocycles. The molecule has 0 bridgehead atoms. The molecule has 7 nitrogen and oxygen atoms in total. The third kappa shape index (κ3) is 4.16. The summed E-state index contributed by atoms with van der Waals surface area (Å²) in [5.74, 6) is 0.405. The van der Waals surface area contributed by atoms with E-state index in [0.717, 1.165) is 34.4 Å². The minimum atomic E-state index is -0.647. The Labute approximate surface area is 233 Å². The number of anilines is 2. The summed E-state index contributed by atoms with van der Waals surface area (Å²) >= 11 is 3.96. The minimum absolute atomic E-state index is 0.00385. The Morgan fingerprint density at radius 2 is 2.00 bits per heavy atom. The summed E-state index contributed by atoms with van der Waals surface area (Å²) < 4.78 is 1.17. The molecular formula is C28H27IN4O3S. The number of hydrogen-bond acceptors (Lipinski definition) is 5. The van der Waals surface area contributed by atoms with Crippen LogP contribution in [0.2, 0.25) is 0 Å². The summed E-state index contributed by atoms with van der Waals surface area (Å²) in [7, 11) is 0. The van der Waals surface area contributed by atoms with Gasteiger partial charge in [-0.2, -0.15) is 0 Å². The van der Waals surface area contributed by atoms with Crippen molar-refractivity contribution in [3.8, 4) is 0 Å². The number of fused-ring (bicyclic) bond motifs is 3. The fourth-order valence-corrected chi connectivity index (χ4v) is 7.80. The number of likely N-dealkylation sites (tertiary alicyclic amines) is 1. The number of nitrogens with zero attached hydrogens (tertiary/aromatic N) is 2. The monoisotopic (exact) mass is 626 g/mol. The van der Waals surface area contributed by atoms with E-state index in [0.29, 0.717) is 24.3 Å². The van der Waals surface area contributed by atoms with Gasteiger partial charge in [-0.1, -0.05) is 26.0 Å². The molecule has 1 saturated heterocycles. The molecule has 4 heterocycles. The maximum atomic E-state index is 13.4. The molecule has 37 heavy (non-hydrogen) atoms. The van der Waals surface area contributed by atoms with Crippen molar-refractivity contribution in [1.82, 2.24) is 9.88 Å². The Balaban J connectivity index is 1.20. The van der Waals surface area contributed by atoms with Gasteiger partial charge in [-0.05, 0) is 89.7 Å². The summed E-state index contributed by atoms with van der Waals surface area (Å²) in [6.45, 7) is 3.92. The van der Waals surface area contributed by atoms with Gasteiger partial charge >= 0.3 is 0 Å². The Morgan fingerprint density at radius 3 is 2.78 bits per heavy atom. The van der Waals surface area contributed by atoms with Crippen LogP contribution < -0.4 is 10.6 Å². The van der Waals surface area contributed by atoms with Crippen LogP contribution in [0.4, 0.5) is 11.5 Å². The van der Waals surface area contributed by atoms with Crippen LogP contribution in [-0.4, -0.2) is 34.2 Å². The van der Waals surface area contributed by atoms with Gasteiger partial charge in [-0.25, -0.2) is 4.98 Å². The standard InChI is InChI=1S/C28H27IN4O3S/c1-27(2)10-9-20(21-7-8-22(29)37-21)33(26(27)36)15-23(34)31-18-6-5-16-13-28(14-17(16)12-18)19-4-3-11-30-24(19)32-25(28)35/h3-8,11-12,20H,9-10,13-15H2,1-2H3,(H,31,34)(H,30,32,35)/t20-,28+/m0/s1. The highest BCUT2D eigenvalue weighted by atomic mass is 127. The van der Waals surface area contributed by atoms with Gasteiger partial charge in [-0.15, -0.1) is 11.3 Å². The molecule has 1 spiro atoms. The molecule has 6 rings (SSSR count). The lowest BCUT2D eigenvalue weighted by atomic mass is 9.79.